The van der Waals surface area contributed by atoms with Crippen molar-refractivity contribution in [3.63, 3.8) is 0 Å². The minimum Gasteiger partial charge on any atom is -0.379 e. The van der Waals surface area contributed by atoms with Crippen LogP contribution in [0.25, 0.3) is 0 Å². The number of nitrogens with one attached hydrogen (secondary N) is 4. The molecule has 290 valence electrons. The number of amides is 4. The second-order valence-electron chi connectivity index (χ2n) is 11.7. The third-order valence-electron chi connectivity index (χ3n) is 7.73. The summed E-state index contributed by atoms with van der Waals surface area (Å²) in [6.45, 7) is 4.93. The third-order valence-corrected chi connectivity index (χ3v) is 9.47. The molecule has 2 aliphatic rings. The second kappa shape index (κ2) is 26.2. The number of thioether (sulfide) groups is 1. The highest BCUT2D eigenvalue weighted by molar-refractivity contribution is 8.00. The van der Waals surface area contributed by atoms with Crippen LogP contribution in [0.2, 0.25) is 0 Å². The van der Waals surface area contributed by atoms with Gasteiger partial charge in [0.15, 0.2) is 23.3 Å². The number of fused-ring (bicyclic) bond motifs is 1. The van der Waals surface area contributed by atoms with Crippen molar-refractivity contribution in [1.82, 2.24) is 21.3 Å². The van der Waals surface area contributed by atoms with Gasteiger partial charge in [-0.15, -0.1) is 0 Å². The summed E-state index contributed by atoms with van der Waals surface area (Å²) in [6, 6.07) is 0.411. The monoisotopic (exact) mass is 774 g/mol. The van der Waals surface area contributed by atoms with Crippen LogP contribution in [0.1, 0.15) is 63.9 Å². The molecule has 0 aromatic heterocycles. The summed E-state index contributed by atoms with van der Waals surface area (Å²) in [5, 5.41) is 11.8. The molecular formula is C33H50F5N4O7PS. The Morgan fingerprint density at radius 1 is 0.863 bits per heavy atom. The molecule has 4 N–H and O–H groups in total. The summed E-state index contributed by atoms with van der Waals surface area (Å²) in [4.78, 5) is 47.3. The number of ether oxygens (including phenoxy) is 3. The molecule has 0 aliphatic carbocycles. The van der Waals surface area contributed by atoms with Crippen molar-refractivity contribution in [2.24, 2.45) is 0 Å². The summed E-state index contributed by atoms with van der Waals surface area (Å²) in [5.41, 5.74) is -0.990. The number of urea groups is 1. The highest BCUT2D eigenvalue weighted by Gasteiger charge is 2.42. The van der Waals surface area contributed by atoms with Crippen molar-refractivity contribution in [2.45, 2.75) is 82.0 Å². The Labute approximate surface area is 303 Å². The number of unbranched alkanes of at least 4 members (excludes halogenated alkanes) is 1. The summed E-state index contributed by atoms with van der Waals surface area (Å²) >= 11 is 1.88. The fourth-order valence-corrected chi connectivity index (χ4v) is 6.66. The predicted molar refractivity (Wildman–Crippen MR) is 186 cm³/mol. The van der Waals surface area contributed by atoms with Gasteiger partial charge in [-0.05, 0) is 31.8 Å². The lowest BCUT2D eigenvalue weighted by Crippen LogP contribution is -2.36. The maximum atomic E-state index is 13.7. The minimum absolute atomic E-state index is 0.0338. The smallest absolute Gasteiger partial charge is 0.315 e. The van der Waals surface area contributed by atoms with E-state index in [-0.39, 0.29) is 42.9 Å². The topological polar surface area (TPSA) is 144 Å². The molecule has 2 heterocycles. The van der Waals surface area contributed by atoms with Crippen LogP contribution < -0.4 is 21.3 Å². The molecule has 11 nitrogen and oxygen atoms in total. The Morgan fingerprint density at radius 3 is 1.98 bits per heavy atom. The first-order valence-corrected chi connectivity index (χ1v) is 19.2. The number of halogens is 5. The molecule has 18 heteroatoms. The highest BCUT2D eigenvalue weighted by atomic mass is 32.2. The first kappa shape index (κ1) is 42.8. The number of rotatable bonds is 25. The van der Waals surface area contributed by atoms with Gasteiger partial charge in [0.2, 0.25) is 11.8 Å². The van der Waals surface area contributed by atoms with Crippen molar-refractivity contribution in [3.05, 3.63) is 34.9 Å². The number of Topliss-reactive ketones (excluding diaryl/α,β-unsaturated/α-hetero) is 1. The van der Waals surface area contributed by atoms with E-state index in [4.69, 9.17) is 15.5 Å². The normalized spacial score (nSPS) is 18.5. The van der Waals surface area contributed by atoms with Gasteiger partial charge in [-0.1, -0.05) is 13.3 Å². The van der Waals surface area contributed by atoms with Crippen LogP contribution in [-0.2, 0) is 35.0 Å². The maximum Gasteiger partial charge on any atom is 0.315 e. The molecule has 4 atom stereocenters. The zero-order valence-electron chi connectivity index (χ0n) is 29.8. The van der Waals surface area contributed by atoms with E-state index in [1.165, 1.54) is 0 Å². The van der Waals surface area contributed by atoms with E-state index in [0.717, 1.165) is 25.0 Å². The molecule has 1 aromatic rings. The van der Waals surface area contributed by atoms with Crippen molar-refractivity contribution < 1.29 is 55.1 Å². The first-order valence-electron chi connectivity index (χ1n) is 17.6. The summed E-state index contributed by atoms with van der Waals surface area (Å²) in [6.07, 6.45) is 3.42. The lowest BCUT2D eigenvalue weighted by atomic mass is 10.0. The van der Waals surface area contributed by atoms with Gasteiger partial charge in [0.1, 0.15) is 5.78 Å². The van der Waals surface area contributed by atoms with E-state index in [2.05, 4.69) is 21.3 Å². The van der Waals surface area contributed by atoms with Gasteiger partial charge < -0.3 is 35.5 Å². The molecule has 0 bridgehead atoms. The van der Waals surface area contributed by atoms with Gasteiger partial charge in [0, 0.05) is 74.6 Å². The molecule has 0 spiro atoms. The Kier molecular flexibility index (Phi) is 22.0. The average Bonchev–Trinajstić information content (AvgIpc) is 3.67. The fourth-order valence-electron chi connectivity index (χ4n) is 5.11. The van der Waals surface area contributed by atoms with Gasteiger partial charge in [0.05, 0.1) is 48.6 Å². The molecule has 2 aliphatic heterocycles. The number of hydrogen-bond acceptors (Lipinski definition) is 8. The van der Waals surface area contributed by atoms with E-state index < -0.39 is 55.8 Å². The van der Waals surface area contributed by atoms with Gasteiger partial charge in [-0.3, -0.25) is 14.4 Å². The largest absolute Gasteiger partial charge is 0.379 e. The zero-order chi connectivity index (χ0) is 38.3. The van der Waals surface area contributed by atoms with Gasteiger partial charge in [0.25, 0.3) is 0 Å². The molecule has 4 amide bonds. The van der Waals surface area contributed by atoms with E-state index >= 15 is 0 Å². The van der Waals surface area contributed by atoms with Crippen LogP contribution >= 0.6 is 20.6 Å². The lowest BCUT2D eigenvalue weighted by Gasteiger charge is -2.16. The van der Waals surface area contributed by atoms with Gasteiger partial charge in [-0.2, -0.15) is 11.8 Å². The van der Waals surface area contributed by atoms with E-state index in [1.54, 1.807) is 6.92 Å². The van der Waals surface area contributed by atoms with Crippen LogP contribution in [0, 0.1) is 23.3 Å². The van der Waals surface area contributed by atoms with Crippen molar-refractivity contribution in [1.29, 1.82) is 1.28 Å². The Bertz CT molecular complexity index is 1250. The molecule has 51 heavy (non-hydrogen) atoms. The van der Waals surface area contributed by atoms with Crippen LogP contribution in [-0.4, -0.2) is 107 Å². The zero-order valence-corrected chi connectivity index (χ0v) is 30.6. The van der Waals surface area contributed by atoms with Gasteiger partial charge >= 0.3 is 6.03 Å². The number of ketones is 1. The van der Waals surface area contributed by atoms with E-state index in [0.29, 0.717) is 83.4 Å². The summed E-state index contributed by atoms with van der Waals surface area (Å²) in [7, 11) is -1.85. The first-order chi connectivity index (χ1) is 24.9. The molecule has 3 rings (SSSR count). The maximum absolute atomic E-state index is 13.7. The minimum atomic E-state index is -1.85. The number of carbonyl (C=O) groups excluding carboxylic acids is 4. The van der Waals surface area contributed by atoms with E-state index in [9.17, 15) is 40.9 Å². The van der Waals surface area contributed by atoms with Crippen LogP contribution in [0.3, 0.4) is 0 Å². The molecule has 1 unspecified atom stereocenters. The number of benzene rings is 1. The molecule has 1 aromatic carbocycles. The van der Waals surface area contributed by atoms with Crippen molar-refractivity contribution >= 4 is 44.2 Å². The molecular weight excluding hydrogens is 722 g/mol. The van der Waals surface area contributed by atoms with Crippen molar-refractivity contribution in [3.8, 4) is 0 Å². The lowest BCUT2D eigenvalue weighted by molar-refractivity contribution is -0.125. The number of carbonyl (C=O) groups is 4. The summed E-state index contributed by atoms with van der Waals surface area (Å²) in [5.74, 6) is -6.62. The Morgan fingerprint density at radius 2 is 1.41 bits per heavy atom. The number of hydrogen-bond donors (Lipinski definition) is 4. The standard InChI is InChI=1S/C31H44F4N4O7S.C2H6FP/c32-22-18-23(33)29(35)21(28(22)34)17-20(40)7-8-27(42)37-10-4-12-45-14-16-46-15-13-44-11-3-9-36-26(41)6-2-1-5-25-30-24(19-47-25)38-31(43)39-30;1-2-4-3/h18,24-25,30H,1-17,19H2,(H,36,41)(H,37,42)(H2,38,39,43);4H,2H2,1H3/t24-,25-,30-;/m0./s1/i;4T. The van der Waals surface area contributed by atoms with Crippen LogP contribution in [0.5, 0.6) is 0 Å². The molecule has 2 saturated heterocycles. The molecule has 0 radical (unpaired) electrons. The second-order valence-corrected chi connectivity index (χ2v) is 13.9. The molecule has 2 fully saturated rings. The third kappa shape index (κ3) is 18.1. The molecule has 0 saturated carbocycles. The van der Waals surface area contributed by atoms with E-state index in [1.807, 2.05) is 11.8 Å². The fraction of sp³-hybridized carbons (Fsp3) is 0.697. The van der Waals surface area contributed by atoms with Gasteiger partial charge in [-0.25, -0.2) is 26.6 Å². The predicted octanol–water partition coefficient (Wildman–Crippen LogP) is 4.49. The SMILES string of the molecule is O=C(CCC(=O)NCCCOCCOCCOCCCNC(=O)CCCC[C@@H]1SC[C@@H]2NC(=O)N[C@@H]21)Cc1c(F)c(F)cc(F)c1F.[3H]P(F)CC. The highest BCUT2D eigenvalue weighted by Crippen LogP contribution is 2.33. The Balaban J connectivity index is 0.00000175. The average molecular weight is 775 g/mol. The summed E-state index contributed by atoms with van der Waals surface area (Å²) < 4.78 is 87.6. The van der Waals surface area contributed by atoms with Crippen LogP contribution in [0.4, 0.5) is 26.6 Å². The quantitative estimate of drug-likeness (QED) is 0.0375. The Hall–Kier alpha value is -2.59. The van der Waals surface area contributed by atoms with Crippen molar-refractivity contribution in [2.75, 3.05) is 64.6 Å². The van der Waals surface area contributed by atoms with Crippen LogP contribution in [0.15, 0.2) is 6.07 Å².